The van der Waals surface area contributed by atoms with E-state index in [-0.39, 0.29) is 6.54 Å². The maximum atomic E-state index is 14.0. The molecule has 2 N–H and O–H groups in total. The van der Waals surface area contributed by atoms with Crippen molar-refractivity contribution in [3.8, 4) is 0 Å². The van der Waals surface area contributed by atoms with Crippen LogP contribution >= 0.6 is 0 Å². The molecule has 0 heterocycles. The number of halogens is 1. The van der Waals surface area contributed by atoms with Gasteiger partial charge in [0.05, 0.1) is 12.0 Å². The molecule has 0 saturated heterocycles. The first-order chi connectivity index (χ1) is 12.0. The highest BCUT2D eigenvalue weighted by atomic mass is 32.2. The number of hydrogen-bond donors (Lipinski definition) is 2. The van der Waals surface area contributed by atoms with Crippen molar-refractivity contribution < 1.29 is 37.0 Å². The summed E-state index contributed by atoms with van der Waals surface area (Å²) in [6, 6.07) is 1.41. The van der Waals surface area contributed by atoms with E-state index in [9.17, 15) is 32.3 Å². The predicted molar refractivity (Wildman–Crippen MR) is 87.4 cm³/mol. The maximum absolute atomic E-state index is 14.0. The molecule has 0 radical (unpaired) electrons. The van der Waals surface area contributed by atoms with Crippen LogP contribution in [0.15, 0.2) is 23.1 Å². The number of aliphatic carboxylic acids is 1. The summed E-state index contributed by atoms with van der Waals surface area (Å²) in [5, 5.41) is 11.5. The number of benzene rings is 1. The van der Waals surface area contributed by atoms with E-state index in [2.05, 4.69) is 10.1 Å². The molecule has 1 rings (SSSR count). The third kappa shape index (κ3) is 4.76. The molecule has 1 unspecified atom stereocenters. The molecule has 1 aromatic carbocycles. The Kier molecular flexibility index (Phi) is 7.21. The number of sulfonamides is 1. The zero-order valence-corrected chi connectivity index (χ0v) is 15.2. The lowest BCUT2D eigenvalue weighted by Crippen LogP contribution is -2.47. The zero-order chi connectivity index (χ0) is 20.1. The van der Waals surface area contributed by atoms with Gasteiger partial charge in [0.2, 0.25) is 15.9 Å². The number of nitrogens with one attached hydrogen (secondary N) is 1. The second-order valence-electron chi connectivity index (χ2n) is 5.22. The summed E-state index contributed by atoms with van der Waals surface area (Å²) in [4.78, 5) is 33.4. The largest absolute Gasteiger partial charge is 0.480 e. The molecule has 1 amide bonds. The second-order valence-corrected chi connectivity index (χ2v) is 7.08. The fraction of sp³-hybridized carbons (Fsp3) is 0.400. The number of methoxy groups -OCH3 is 1. The van der Waals surface area contributed by atoms with Crippen molar-refractivity contribution in [2.75, 3.05) is 20.2 Å². The molecular weight excluding hydrogens is 371 g/mol. The Labute approximate surface area is 149 Å². The molecule has 0 spiro atoms. The quantitative estimate of drug-likeness (QED) is 0.607. The number of esters is 1. The second kappa shape index (κ2) is 8.72. The lowest BCUT2D eigenvalue weighted by atomic mass is 10.2. The zero-order valence-electron chi connectivity index (χ0n) is 14.4. The van der Waals surface area contributed by atoms with Crippen molar-refractivity contribution in [1.29, 1.82) is 0 Å². The molecular formula is C15H19FN2O7S. The molecule has 11 heteroatoms. The van der Waals surface area contributed by atoms with Crippen LogP contribution in [-0.4, -0.2) is 61.9 Å². The molecule has 0 bridgehead atoms. The minimum atomic E-state index is -4.59. The van der Waals surface area contributed by atoms with E-state index in [0.29, 0.717) is 4.31 Å². The minimum absolute atomic E-state index is 0.172. The molecule has 0 fully saturated rings. The lowest BCUT2D eigenvalue weighted by Gasteiger charge is -2.26. The van der Waals surface area contributed by atoms with E-state index >= 15 is 0 Å². The third-order valence-electron chi connectivity index (χ3n) is 3.45. The van der Waals surface area contributed by atoms with Gasteiger partial charge in [0.15, 0.2) is 0 Å². The standard InChI is InChI=1S/C15H19FN2O7S/c1-9(14(20)21)18(8-7-17-10(2)19)26(23,24)12-6-4-5-11(16)13(12)15(22)25-3/h4-6,9H,7-8H2,1-3H3,(H,17,19)(H,20,21). The van der Waals surface area contributed by atoms with Crippen LogP contribution in [-0.2, 0) is 24.3 Å². The van der Waals surface area contributed by atoms with Crippen molar-refractivity contribution in [3.05, 3.63) is 29.6 Å². The van der Waals surface area contributed by atoms with Gasteiger partial charge in [-0.25, -0.2) is 17.6 Å². The molecule has 0 saturated carbocycles. The van der Waals surface area contributed by atoms with E-state index in [4.69, 9.17) is 0 Å². The van der Waals surface area contributed by atoms with Crippen molar-refractivity contribution in [2.24, 2.45) is 0 Å². The van der Waals surface area contributed by atoms with E-state index < -0.39 is 56.7 Å². The molecule has 26 heavy (non-hydrogen) atoms. The number of hydrogen-bond acceptors (Lipinski definition) is 6. The van der Waals surface area contributed by atoms with Crippen LogP contribution in [0.1, 0.15) is 24.2 Å². The lowest BCUT2D eigenvalue weighted by molar-refractivity contribution is -0.140. The topological polar surface area (TPSA) is 130 Å². The number of amides is 1. The number of carbonyl (C=O) groups excluding carboxylic acids is 2. The van der Waals surface area contributed by atoms with Gasteiger partial charge < -0.3 is 15.2 Å². The normalized spacial score (nSPS) is 12.5. The van der Waals surface area contributed by atoms with E-state index in [0.717, 1.165) is 32.2 Å². The molecule has 0 aliphatic heterocycles. The van der Waals surface area contributed by atoms with Crippen molar-refractivity contribution in [2.45, 2.75) is 24.8 Å². The molecule has 0 aliphatic rings. The Hall–Kier alpha value is -2.53. The molecule has 9 nitrogen and oxygen atoms in total. The summed E-state index contributed by atoms with van der Waals surface area (Å²) in [5.74, 6) is -4.23. The summed E-state index contributed by atoms with van der Waals surface area (Å²) >= 11 is 0. The van der Waals surface area contributed by atoms with Crippen molar-refractivity contribution in [3.63, 3.8) is 0 Å². The first-order valence-corrected chi connectivity index (χ1v) is 8.84. The molecule has 1 aromatic rings. The molecule has 0 aliphatic carbocycles. The fourth-order valence-electron chi connectivity index (χ4n) is 2.13. The highest BCUT2D eigenvalue weighted by molar-refractivity contribution is 7.89. The summed E-state index contributed by atoms with van der Waals surface area (Å²) in [7, 11) is -3.63. The average Bonchev–Trinajstić information content (AvgIpc) is 2.56. The summed E-state index contributed by atoms with van der Waals surface area (Å²) < 4.78 is 44.9. The predicted octanol–water partition coefficient (Wildman–Crippen LogP) is 0.212. The number of carboxylic acid groups (broad SMARTS) is 1. The van der Waals surface area contributed by atoms with E-state index in [1.165, 1.54) is 6.92 Å². The maximum Gasteiger partial charge on any atom is 0.342 e. The molecule has 0 aromatic heterocycles. The van der Waals surface area contributed by atoms with Gasteiger partial charge in [-0.15, -0.1) is 0 Å². The average molecular weight is 390 g/mol. The molecule has 1 atom stereocenters. The monoisotopic (exact) mass is 390 g/mol. The highest BCUT2D eigenvalue weighted by Crippen LogP contribution is 2.25. The SMILES string of the molecule is COC(=O)c1c(F)cccc1S(=O)(=O)N(CCNC(C)=O)C(C)C(=O)O. The van der Waals surface area contributed by atoms with Gasteiger partial charge in [0.1, 0.15) is 17.4 Å². The Morgan fingerprint density at radius 2 is 1.96 bits per heavy atom. The Morgan fingerprint density at radius 3 is 2.46 bits per heavy atom. The van der Waals surface area contributed by atoms with Crippen LogP contribution in [0.3, 0.4) is 0 Å². The summed E-state index contributed by atoms with van der Waals surface area (Å²) in [5.41, 5.74) is -0.822. The van der Waals surface area contributed by atoms with Gasteiger partial charge >= 0.3 is 11.9 Å². The van der Waals surface area contributed by atoms with Gasteiger partial charge in [-0.3, -0.25) is 9.59 Å². The van der Waals surface area contributed by atoms with Gasteiger partial charge in [-0.2, -0.15) is 4.31 Å². The van der Waals surface area contributed by atoms with Gasteiger partial charge in [0.25, 0.3) is 0 Å². The van der Waals surface area contributed by atoms with Crippen LogP contribution in [0.5, 0.6) is 0 Å². The highest BCUT2D eigenvalue weighted by Gasteiger charge is 2.36. The Morgan fingerprint density at radius 1 is 1.35 bits per heavy atom. The van der Waals surface area contributed by atoms with Crippen LogP contribution in [0.2, 0.25) is 0 Å². The number of carbonyl (C=O) groups is 3. The van der Waals surface area contributed by atoms with Crippen LogP contribution < -0.4 is 5.32 Å². The van der Waals surface area contributed by atoms with Gasteiger partial charge in [-0.05, 0) is 19.1 Å². The van der Waals surface area contributed by atoms with Crippen LogP contribution in [0, 0.1) is 5.82 Å². The van der Waals surface area contributed by atoms with Crippen LogP contribution in [0.25, 0.3) is 0 Å². The first-order valence-electron chi connectivity index (χ1n) is 7.40. The van der Waals surface area contributed by atoms with Crippen molar-refractivity contribution in [1.82, 2.24) is 9.62 Å². The van der Waals surface area contributed by atoms with E-state index in [1.807, 2.05) is 0 Å². The molecule has 144 valence electrons. The summed E-state index contributed by atoms with van der Waals surface area (Å²) in [6.07, 6.45) is 0. The first kappa shape index (κ1) is 21.5. The van der Waals surface area contributed by atoms with Gasteiger partial charge in [0, 0.05) is 20.0 Å². The van der Waals surface area contributed by atoms with Gasteiger partial charge in [-0.1, -0.05) is 6.07 Å². The third-order valence-corrected chi connectivity index (χ3v) is 5.46. The number of carboxylic acids is 1. The smallest absolute Gasteiger partial charge is 0.342 e. The van der Waals surface area contributed by atoms with Crippen molar-refractivity contribution >= 4 is 27.9 Å². The number of rotatable bonds is 8. The minimum Gasteiger partial charge on any atom is -0.480 e. The number of nitrogens with zero attached hydrogens (tertiary/aromatic N) is 1. The Bertz CT molecular complexity index is 810. The van der Waals surface area contributed by atoms with E-state index in [1.54, 1.807) is 0 Å². The summed E-state index contributed by atoms with van der Waals surface area (Å²) in [6.45, 7) is 1.76. The fourth-order valence-corrected chi connectivity index (χ4v) is 3.91. The van der Waals surface area contributed by atoms with Crippen LogP contribution in [0.4, 0.5) is 4.39 Å². The Balaban J connectivity index is 3.45. The number of ether oxygens (including phenoxy) is 1.